The van der Waals surface area contributed by atoms with Gasteiger partial charge < -0.3 is 14.8 Å². The highest BCUT2D eigenvalue weighted by Crippen LogP contribution is 2.29. The molecular formula is C23H25ClN2O3S. The summed E-state index contributed by atoms with van der Waals surface area (Å²) in [6, 6.07) is 10.9. The van der Waals surface area contributed by atoms with E-state index in [1.165, 1.54) is 24.2 Å². The average Bonchev–Trinajstić information content (AvgIpc) is 3.23. The van der Waals surface area contributed by atoms with E-state index in [0.717, 1.165) is 24.2 Å². The minimum atomic E-state index is -0.230. The van der Waals surface area contributed by atoms with Crippen LogP contribution in [0.3, 0.4) is 0 Å². The van der Waals surface area contributed by atoms with Gasteiger partial charge in [0.25, 0.3) is 5.91 Å². The Kier molecular flexibility index (Phi) is 8.53. The molecule has 30 heavy (non-hydrogen) atoms. The summed E-state index contributed by atoms with van der Waals surface area (Å²) in [6.45, 7) is 3.10. The highest BCUT2D eigenvalue weighted by Gasteiger charge is 2.16. The summed E-state index contributed by atoms with van der Waals surface area (Å²) in [5.41, 5.74) is 1.48. The number of carbonyl (C=O) groups excluding carboxylic acids is 1. The Morgan fingerprint density at radius 1 is 1.13 bits per heavy atom. The molecule has 0 spiro atoms. The Labute approximate surface area is 186 Å². The lowest BCUT2D eigenvalue weighted by molar-refractivity contribution is 0.102. The summed E-state index contributed by atoms with van der Waals surface area (Å²) >= 11 is 7.50. The van der Waals surface area contributed by atoms with E-state index in [1.807, 2.05) is 23.6 Å². The molecule has 0 bridgehead atoms. The van der Waals surface area contributed by atoms with Crippen molar-refractivity contribution in [2.75, 3.05) is 11.9 Å². The summed E-state index contributed by atoms with van der Waals surface area (Å²) < 4.78 is 11.9. The first-order valence-corrected chi connectivity index (χ1v) is 11.3. The molecule has 1 N–H and O–H groups in total. The summed E-state index contributed by atoms with van der Waals surface area (Å²) in [4.78, 5) is 17.1. The van der Waals surface area contributed by atoms with Gasteiger partial charge >= 0.3 is 0 Å². The maximum Gasteiger partial charge on any atom is 0.269 e. The number of halogens is 1. The first kappa shape index (κ1) is 22.1. The Hall–Kier alpha value is -2.57. The highest BCUT2D eigenvalue weighted by molar-refractivity contribution is 7.12. The van der Waals surface area contributed by atoms with Gasteiger partial charge in [0.05, 0.1) is 18.5 Å². The molecule has 7 heteroatoms. The van der Waals surface area contributed by atoms with Gasteiger partial charge in [-0.1, -0.05) is 37.8 Å². The van der Waals surface area contributed by atoms with Crippen molar-refractivity contribution in [1.29, 1.82) is 0 Å². The number of nitrogens with zero attached hydrogens (tertiary/aromatic N) is 1. The number of pyridine rings is 1. The first-order valence-electron chi connectivity index (χ1n) is 10.00. The molecule has 0 aliphatic rings. The molecule has 158 valence electrons. The monoisotopic (exact) mass is 444 g/mol. The molecule has 0 fully saturated rings. The fraction of sp³-hybridized carbons (Fsp3) is 0.304. The zero-order valence-electron chi connectivity index (χ0n) is 16.9. The highest BCUT2D eigenvalue weighted by atomic mass is 35.5. The second-order valence-corrected chi connectivity index (χ2v) is 8.11. The Morgan fingerprint density at radius 2 is 2.03 bits per heavy atom. The largest absolute Gasteiger partial charge is 0.493 e. The molecule has 3 aromatic rings. The Balaban J connectivity index is 1.62. The van der Waals surface area contributed by atoms with Crippen LogP contribution in [0.4, 0.5) is 5.69 Å². The van der Waals surface area contributed by atoms with Gasteiger partial charge in [-0.25, -0.2) is 0 Å². The molecule has 0 atom stereocenters. The minimum Gasteiger partial charge on any atom is -0.493 e. The third-order valence-electron chi connectivity index (χ3n) is 4.42. The lowest BCUT2D eigenvalue weighted by Crippen LogP contribution is -2.12. The van der Waals surface area contributed by atoms with Crippen molar-refractivity contribution in [2.24, 2.45) is 0 Å². The number of ether oxygens (including phenoxy) is 2. The van der Waals surface area contributed by atoms with Gasteiger partial charge in [-0.05, 0) is 48.2 Å². The predicted molar refractivity (Wildman–Crippen MR) is 122 cm³/mol. The Morgan fingerprint density at radius 3 is 2.83 bits per heavy atom. The maximum atomic E-state index is 12.6. The SMILES string of the molecule is CCCCCCOc1ccc(Cl)cc1COc1ccsc1C(=O)Nc1cccnc1. The molecule has 2 aromatic heterocycles. The number of hydrogen-bond acceptors (Lipinski definition) is 5. The van der Waals surface area contributed by atoms with Gasteiger partial charge in [-0.3, -0.25) is 9.78 Å². The summed E-state index contributed by atoms with van der Waals surface area (Å²) in [7, 11) is 0. The predicted octanol–water partition coefficient (Wildman–Crippen LogP) is 6.59. The van der Waals surface area contributed by atoms with Crippen LogP contribution in [0.1, 0.15) is 47.8 Å². The topological polar surface area (TPSA) is 60.5 Å². The number of anilines is 1. The molecule has 2 heterocycles. The van der Waals surface area contributed by atoms with E-state index in [4.69, 9.17) is 21.1 Å². The van der Waals surface area contributed by atoms with Crippen LogP contribution in [0.25, 0.3) is 0 Å². The van der Waals surface area contributed by atoms with Crippen molar-refractivity contribution in [1.82, 2.24) is 4.98 Å². The number of aromatic nitrogens is 1. The lowest BCUT2D eigenvalue weighted by Gasteiger charge is -2.13. The lowest BCUT2D eigenvalue weighted by atomic mass is 10.2. The van der Waals surface area contributed by atoms with Crippen molar-refractivity contribution in [3.63, 3.8) is 0 Å². The second kappa shape index (κ2) is 11.6. The first-order chi connectivity index (χ1) is 14.7. The van der Waals surface area contributed by atoms with Crippen LogP contribution in [0, 0.1) is 0 Å². The van der Waals surface area contributed by atoms with E-state index < -0.39 is 0 Å². The van der Waals surface area contributed by atoms with E-state index >= 15 is 0 Å². The van der Waals surface area contributed by atoms with Crippen LogP contribution in [0.5, 0.6) is 11.5 Å². The van der Waals surface area contributed by atoms with Crippen molar-refractivity contribution < 1.29 is 14.3 Å². The molecule has 5 nitrogen and oxygen atoms in total. The minimum absolute atomic E-state index is 0.230. The fourth-order valence-corrected chi connectivity index (χ4v) is 3.79. The standard InChI is InChI=1S/C23H25ClN2O3S/c1-2-3-4-5-12-28-20-9-8-18(24)14-17(20)16-29-21-10-13-30-22(21)23(27)26-19-7-6-11-25-15-19/h6-11,13-15H,2-5,12,16H2,1H3,(H,26,27). The summed E-state index contributed by atoms with van der Waals surface area (Å²) in [5.74, 6) is 1.05. The zero-order chi connectivity index (χ0) is 21.2. The van der Waals surface area contributed by atoms with Crippen molar-refractivity contribution in [3.05, 3.63) is 69.6 Å². The van der Waals surface area contributed by atoms with Crippen LogP contribution in [-0.4, -0.2) is 17.5 Å². The summed E-state index contributed by atoms with van der Waals surface area (Å²) in [5, 5.41) is 5.28. The van der Waals surface area contributed by atoms with Crippen molar-refractivity contribution in [2.45, 2.75) is 39.2 Å². The average molecular weight is 445 g/mol. The zero-order valence-corrected chi connectivity index (χ0v) is 18.5. The van der Waals surface area contributed by atoms with Crippen LogP contribution in [0.15, 0.2) is 54.2 Å². The van der Waals surface area contributed by atoms with Crippen LogP contribution in [0.2, 0.25) is 5.02 Å². The second-order valence-electron chi connectivity index (χ2n) is 6.76. The quantitative estimate of drug-likeness (QED) is 0.339. The number of benzene rings is 1. The molecule has 0 aliphatic heterocycles. The molecule has 1 amide bonds. The van der Waals surface area contributed by atoms with E-state index in [2.05, 4.69) is 17.2 Å². The van der Waals surface area contributed by atoms with E-state index in [0.29, 0.717) is 27.9 Å². The molecular weight excluding hydrogens is 420 g/mol. The van der Waals surface area contributed by atoms with Gasteiger partial charge in [0, 0.05) is 16.8 Å². The third-order valence-corrected chi connectivity index (χ3v) is 5.55. The maximum absolute atomic E-state index is 12.6. The van der Waals surface area contributed by atoms with Crippen LogP contribution >= 0.6 is 22.9 Å². The molecule has 0 aliphatic carbocycles. The van der Waals surface area contributed by atoms with Gasteiger partial charge in [-0.15, -0.1) is 11.3 Å². The molecule has 0 saturated carbocycles. The molecule has 0 unspecified atom stereocenters. The van der Waals surface area contributed by atoms with Gasteiger partial charge in [0.1, 0.15) is 23.0 Å². The number of nitrogens with one attached hydrogen (secondary N) is 1. The fourth-order valence-electron chi connectivity index (χ4n) is 2.87. The van der Waals surface area contributed by atoms with E-state index in [1.54, 1.807) is 30.6 Å². The van der Waals surface area contributed by atoms with Gasteiger partial charge in [0.2, 0.25) is 0 Å². The number of amides is 1. The number of rotatable bonds is 11. The van der Waals surface area contributed by atoms with Crippen LogP contribution < -0.4 is 14.8 Å². The molecule has 0 saturated heterocycles. The van der Waals surface area contributed by atoms with E-state index in [-0.39, 0.29) is 12.5 Å². The summed E-state index contributed by atoms with van der Waals surface area (Å²) in [6.07, 6.45) is 7.82. The Bertz CT molecular complexity index is 947. The number of hydrogen-bond donors (Lipinski definition) is 1. The third kappa shape index (κ3) is 6.47. The van der Waals surface area contributed by atoms with Crippen molar-refractivity contribution >= 4 is 34.5 Å². The number of carbonyl (C=O) groups is 1. The van der Waals surface area contributed by atoms with Crippen LogP contribution in [-0.2, 0) is 6.61 Å². The van der Waals surface area contributed by atoms with Gasteiger partial charge in [-0.2, -0.15) is 0 Å². The van der Waals surface area contributed by atoms with Crippen molar-refractivity contribution in [3.8, 4) is 11.5 Å². The number of thiophene rings is 1. The number of unbranched alkanes of at least 4 members (excludes halogenated alkanes) is 3. The van der Waals surface area contributed by atoms with Gasteiger partial charge in [0.15, 0.2) is 0 Å². The van der Waals surface area contributed by atoms with E-state index in [9.17, 15) is 4.79 Å². The molecule has 3 rings (SSSR count). The normalized spacial score (nSPS) is 10.6. The molecule has 1 aromatic carbocycles. The smallest absolute Gasteiger partial charge is 0.269 e. The molecule has 0 radical (unpaired) electrons.